The molecule has 0 fully saturated rings. The van der Waals surface area contributed by atoms with E-state index in [-0.39, 0.29) is 29.8 Å². The van der Waals surface area contributed by atoms with E-state index < -0.39 is 10.0 Å². The van der Waals surface area contributed by atoms with Crippen molar-refractivity contribution in [3.8, 4) is 0 Å². The Morgan fingerprint density at radius 1 is 1.00 bits per heavy atom. The van der Waals surface area contributed by atoms with Crippen LogP contribution in [0.25, 0.3) is 0 Å². The number of sulfonamides is 1. The molecule has 1 amide bonds. The van der Waals surface area contributed by atoms with Crippen molar-refractivity contribution in [2.24, 2.45) is 0 Å². The normalized spacial score (nSPS) is 12.7. The minimum Gasteiger partial charge on any atom is -0.354 e. The maximum absolute atomic E-state index is 12.1. The standard InChI is InChI=1S/C20H27N3O3S/c1-23(2)18(15-17-9-5-3-6-10-17)16-21-20(24)13-14-22-27(25,26)19-11-7-4-8-12-19/h3-12,18,22H,13-16H2,1-2H3,(H,21,24). The molecule has 0 saturated heterocycles. The van der Waals surface area contributed by atoms with Crippen molar-refractivity contribution in [2.75, 3.05) is 27.2 Å². The lowest BCUT2D eigenvalue weighted by molar-refractivity contribution is -0.121. The van der Waals surface area contributed by atoms with Crippen LogP contribution in [0.4, 0.5) is 0 Å². The van der Waals surface area contributed by atoms with Crippen LogP contribution in [0.2, 0.25) is 0 Å². The van der Waals surface area contributed by atoms with Crippen LogP contribution in [0.3, 0.4) is 0 Å². The van der Waals surface area contributed by atoms with Crippen molar-refractivity contribution in [3.63, 3.8) is 0 Å². The Balaban J connectivity index is 1.77. The van der Waals surface area contributed by atoms with E-state index in [2.05, 4.69) is 27.1 Å². The van der Waals surface area contributed by atoms with Crippen LogP contribution >= 0.6 is 0 Å². The number of carbonyl (C=O) groups excluding carboxylic acids is 1. The quantitative estimate of drug-likeness (QED) is 0.648. The number of nitrogens with zero attached hydrogens (tertiary/aromatic N) is 1. The Morgan fingerprint density at radius 2 is 1.59 bits per heavy atom. The van der Waals surface area contributed by atoms with Crippen molar-refractivity contribution >= 4 is 15.9 Å². The highest BCUT2D eigenvalue weighted by molar-refractivity contribution is 7.89. The summed E-state index contributed by atoms with van der Waals surface area (Å²) in [7, 11) is 0.380. The van der Waals surface area contributed by atoms with Gasteiger partial charge in [0, 0.05) is 25.6 Å². The first-order valence-corrected chi connectivity index (χ1v) is 10.4. The highest BCUT2D eigenvalue weighted by atomic mass is 32.2. The Hall–Kier alpha value is -2.22. The molecule has 2 aromatic rings. The lowest BCUT2D eigenvalue weighted by atomic mass is 10.1. The first-order valence-electron chi connectivity index (χ1n) is 8.90. The molecule has 0 aliphatic rings. The number of carbonyl (C=O) groups is 1. The zero-order valence-electron chi connectivity index (χ0n) is 15.8. The molecule has 7 heteroatoms. The second-order valence-electron chi connectivity index (χ2n) is 6.57. The van der Waals surface area contributed by atoms with Gasteiger partial charge in [-0.3, -0.25) is 4.79 Å². The molecule has 1 atom stereocenters. The molecule has 0 bridgehead atoms. The third-order valence-corrected chi connectivity index (χ3v) is 5.75. The summed E-state index contributed by atoms with van der Waals surface area (Å²) >= 11 is 0. The van der Waals surface area contributed by atoms with E-state index in [0.717, 1.165) is 6.42 Å². The van der Waals surface area contributed by atoms with Crippen molar-refractivity contribution in [1.82, 2.24) is 14.9 Å². The molecule has 0 aliphatic carbocycles. The summed E-state index contributed by atoms with van der Waals surface area (Å²) < 4.78 is 26.7. The SMILES string of the molecule is CN(C)C(CNC(=O)CCNS(=O)(=O)c1ccccc1)Cc1ccccc1. The van der Waals surface area contributed by atoms with E-state index in [9.17, 15) is 13.2 Å². The Bertz CT molecular complexity index is 809. The molecule has 2 rings (SSSR count). The van der Waals surface area contributed by atoms with Crippen molar-refractivity contribution < 1.29 is 13.2 Å². The van der Waals surface area contributed by atoms with E-state index in [1.54, 1.807) is 18.2 Å². The fraction of sp³-hybridized carbons (Fsp3) is 0.350. The monoisotopic (exact) mass is 389 g/mol. The van der Waals surface area contributed by atoms with Crippen LogP contribution in [-0.2, 0) is 21.2 Å². The van der Waals surface area contributed by atoms with Crippen LogP contribution in [0.15, 0.2) is 65.6 Å². The van der Waals surface area contributed by atoms with Crippen LogP contribution in [-0.4, -0.2) is 52.5 Å². The van der Waals surface area contributed by atoms with E-state index >= 15 is 0 Å². The van der Waals surface area contributed by atoms with Gasteiger partial charge in [-0.2, -0.15) is 0 Å². The van der Waals surface area contributed by atoms with Gasteiger partial charge in [-0.1, -0.05) is 48.5 Å². The zero-order valence-corrected chi connectivity index (χ0v) is 16.6. The number of hydrogen-bond acceptors (Lipinski definition) is 4. The number of hydrogen-bond donors (Lipinski definition) is 2. The average Bonchev–Trinajstić information content (AvgIpc) is 2.66. The van der Waals surface area contributed by atoms with Crippen LogP contribution in [0.1, 0.15) is 12.0 Å². The summed E-state index contributed by atoms with van der Waals surface area (Å²) in [5.41, 5.74) is 1.21. The van der Waals surface area contributed by atoms with Crippen LogP contribution < -0.4 is 10.0 Å². The van der Waals surface area contributed by atoms with Crippen molar-refractivity contribution in [1.29, 1.82) is 0 Å². The topological polar surface area (TPSA) is 78.5 Å². The minimum atomic E-state index is -3.58. The first kappa shape index (κ1) is 21.1. The van der Waals surface area contributed by atoms with Gasteiger partial charge in [-0.05, 0) is 38.2 Å². The van der Waals surface area contributed by atoms with Gasteiger partial charge in [0.2, 0.25) is 15.9 Å². The highest BCUT2D eigenvalue weighted by Gasteiger charge is 2.15. The molecule has 0 heterocycles. The second kappa shape index (κ2) is 10.2. The fourth-order valence-electron chi connectivity index (χ4n) is 2.63. The van der Waals surface area contributed by atoms with Gasteiger partial charge in [-0.15, -0.1) is 0 Å². The van der Waals surface area contributed by atoms with Gasteiger partial charge >= 0.3 is 0 Å². The predicted octanol–water partition coefficient (Wildman–Crippen LogP) is 1.64. The Morgan fingerprint density at radius 3 is 2.19 bits per heavy atom. The average molecular weight is 390 g/mol. The highest BCUT2D eigenvalue weighted by Crippen LogP contribution is 2.07. The molecular weight excluding hydrogens is 362 g/mol. The molecule has 1 unspecified atom stereocenters. The molecule has 0 aromatic heterocycles. The molecule has 0 spiro atoms. The Labute approximate surface area is 161 Å². The summed E-state index contributed by atoms with van der Waals surface area (Å²) in [4.78, 5) is 14.4. The summed E-state index contributed by atoms with van der Waals surface area (Å²) in [5.74, 6) is -0.175. The van der Waals surface area contributed by atoms with Crippen molar-refractivity contribution in [3.05, 3.63) is 66.2 Å². The molecular formula is C20H27N3O3S. The predicted molar refractivity (Wildman–Crippen MR) is 107 cm³/mol. The van der Waals surface area contributed by atoms with Gasteiger partial charge in [0.1, 0.15) is 0 Å². The van der Waals surface area contributed by atoms with Crippen LogP contribution in [0.5, 0.6) is 0 Å². The van der Waals surface area contributed by atoms with Gasteiger partial charge < -0.3 is 10.2 Å². The maximum Gasteiger partial charge on any atom is 0.240 e. The molecule has 0 radical (unpaired) electrons. The van der Waals surface area contributed by atoms with Crippen LogP contribution in [0, 0.1) is 0 Å². The number of likely N-dealkylation sites (N-methyl/N-ethyl adjacent to an activating group) is 1. The van der Waals surface area contributed by atoms with E-state index in [1.807, 2.05) is 32.3 Å². The summed E-state index contributed by atoms with van der Waals surface area (Å²) in [6.45, 7) is 0.570. The third kappa shape index (κ3) is 7.13. The molecule has 6 nitrogen and oxygen atoms in total. The third-order valence-electron chi connectivity index (χ3n) is 4.28. The number of rotatable bonds is 10. The van der Waals surface area contributed by atoms with Gasteiger partial charge in [0.05, 0.1) is 4.90 Å². The summed E-state index contributed by atoms with van der Waals surface area (Å²) in [6.07, 6.45) is 0.923. The fourth-order valence-corrected chi connectivity index (χ4v) is 3.68. The largest absolute Gasteiger partial charge is 0.354 e. The molecule has 2 N–H and O–H groups in total. The zero-order chi connectivity index (χ0) is 19.7. The minimum absolute atomic E-state index is 0.0639. The van der Waals surface area contributed by atoms with E-state index in [0.29, 0.717) is 6.54 Å². The first-order chi connectivity index (χ1) is 12.9. The van der Waals surface area contributed by atoms with E-state index in [4.69, 9.17) is 0 Å². The Kier molecular flexibility index (Phi) is 7.97. The van der Waals surface area contributed by atoms with Gasteiger partial charge in [-0.25, -0.2) is 13.1 Å². The second-order valence-corrected chi connectivity index (χ2v) is 8.34. The molecule has 2 aromatic carbocycles. The molecule has 27 heavy (non-hydrogen) atoms. The molecule has 0 aliphatic heterocycles. The number of nitrogens with one attached hydrogen (secondary N) is 2. The lowest BCUT2D eigenvalue weighted by Crippen LogP contribution is -2.42. The summed E-state index contributed by atoms with van der Waals surface area (Å²) in [6, 6.07) is 18.4. The maximum atomic E-state index is 12.1. The number of benzene rings is 2. The molecule has 0 saturated carbocycles. The smallest absolute Gasteiger partial charge is 0.240 e. The van der Waals surface area contributed by atoms with Gasteiger partial charge in [0.15, 0.2) is 0 Å². The summed E-state index contributed by atoms with van der Waals surface area (Å²) in [5, 5.41) is 2.89. The van der Waals surface area contributed by atoms with E-state index in [1.165, 1.54) is 17.7 Å². The lowest BCUT2D eigenvalue weighted by Gasteiger charge is -2.24. The molecule has 146 valence electrons. The van der Waals surface area contributed by atoms with Gasteiger partial charge in [0.25, 0.3) is 0 Å². The number of amides is 1. The van der Waals surface area contributed by atoms with Crippen molar-refractivity contribution in [2.45, 2.75) is 23.8 Å².